The summed E-state index contributed by atoms with van der Waals surface area (Å²) in [6.07, 6.45) is 0. The fraction of sp³-hybridized carbons (Fsp3) is 0.294. The van der Waals surface area contributed by atoms with Crippen molar-refractivity contribution in [2.45, 2.75) is 32.1 Å². The van der Waals surface area contributed by atoms with Crippen LogP contribution < -0.4 is 4.74 Å². The molecule has 0 atom stereocenters. The molecule has 2 aromatic rings. The second-order valence-electron chi connectivity index (χ2n) is 5.73. The van der Waals surface area contributed by atoms with Gasteiger partial charge in [0, 0.05) is 16.1 Å². The smallest absolute Gasteiger partial charge is 0.133 e. The van der Waals surface area contributed by atoms with Gasteiger partial charge in [-0.1, -0.05) is 56.6 Å². The van der Waals surface area contributed by atoms with E-state index in [0.29, 0.717) is 16.7 Å². The van der Waals surface area contributed by atoms with Crippen molar-refractivity contribution in [3.05, 3.63) is 58.6 Å². The van der Waals surface area contributed by atoms with Crippen LogP contribution >= 0.6 is 23.2 Å². The van der Waals surface area contributed by atoms with E-state index in [-0.39, 0.29) is 5.41 Å². The third-order valence-electron chi connectivity index (χ3n) is 3.09. The van der Waals surface area contributed by atoms with Gasteiger partial charge < -0.3 is 4.74 Å². The topological polar surface area (TPSA) is 9.23 Å². The second kappa shape index (κ2) is 6.07. The molecule has 0 aliphatic rings. The first-order valence-corrected chi connectivity index (χ1v) is 7.45. The van der Waals surface area contributed by atoms with Crippen LogP contribution in [0.2, 0.25) is 5.02 Å². The maximum absolute atomic E-state index is 6.07. The van der Waals surface area contributed by atoms with Gasteiger partial charge in [-0.2, -0.15) is 0 Å². The monoisotopic (exact) mass is 308 g/mol. The Hall–Kier alpha value is -1.18. The summed E-state index contributed by atoms with van der Waals surface area (Å²) in [5, 5.41) is 0.641. The van der Waals surface area contributed by atoms with Gasteiger partial charge in [-0.05, 0) is 23.6 Å². The van der Waals surface area contributed by atoms with Gasteiger partial charge in [-0.3, -0.25) is 0 Å². The summed E-state index contributed by atoms with van der Waals surface area (Å²) in [6, 6.07) is 13.6. The zero-order chi connectivity index (χ0) is 14.8. The quantitative estimate of drug-likeness (QED) is 0.616. The van der Waals surface area contributed by atoms with Gasteiger partial charge in [-0.25, -0.2) is 0 Å². The molecule has 0 unspecified atom stereocenters. The Bertz CT molecular complexity index is 600. The molecular formula is C17H18Cl2O. The number of halogens is 2. The van der Waals surface area contributed by atoms with E-state index in [2.05, 4.69) is 26.8 Å². The van der Waals surface area contributed by atoms with Gasteiger partial charge in [0.25, 0.3) is 0 Å². The minimum Gasteiger partial charge on any atom is -0.457 e. The van der Waals surface area contributed by atoms with Crippen molar-refractivity contribution in [3.63, 3.8) is 0 Å². The molecule has 1 nitrogen and oxygen atoms in total. The Balaban J connectivity index is 2.43. The predicted octanol–water partition coefficient (Wildman–Crippen LogP) is 6.17. The Morgan fingerprint density at radius 1 is 1.00 bits per heavy atom. The van der Waals surface area contributed by atoms with Crippen molar-refractivity contribution in [2.75, 3.05) is 0 Å². The lowest BCUT2D eigenvalue weighted by Gasteiger charge is -2.23. The molecule has 3 heteroatoms. The Kier molecular flexibility index (Phi) is 4.62. The number of para-hydroxylation sites is 1. The van der Waals surface area contributed by atoms with Crippen LogP contribution in [0.25, 0.3) is 0 Å². The van der Waals surface area contributed by atoms with Crippen LogP contribution in [0.15, 0.2) is 42.5 Å². The normalized spacial score (nSPS) is 11.4. The number of rotatable bonds is 3. The van der Waals surface area contributed by atoms with Crippen LogP contribution in [0.1, 0.15) is 31.9 Å². The average Bonchev–Trinajstić information content (AvgIpc) is 2.38. The highest BCUT2D eigenvalue weighted by atomic mass is 35.5. The first-order chi connectivity index (χ1) is 9.41. The van der Waals surface area contributed by atoms with Crippen molar-refractivity contribution < 1.29 is 4.74 Å². The van der Waals surface area contributed by atoms with Crippen LogP contribution in [0.4, 0.5) is 0 Å². The molecular weight excluding hydrogens is 291 g/mol. The van der Waals surface area contributed by atoms with Crippen molar-refractivity contribution in [3.8, 4) is 11.5 Å². The number of alkyl halides is 1. The van der Waals surface area contributed by atoms with Crippen molar-refractivity contribution in [1.29, 1.82) is 0 Å². The van der Waals surface area contributed by atoms with Gasteiger partial charge in [0.05, 0.1) is 5.88 Å². The third-order valence-corrected chi connectivity index (χ3v) is 3.61. The zero-order valence-electron chi connectivity index (χ0n) is 11.9. The molecule has 0 bridgehead atoms. The number of hydrogen-bond donors (Lipinski definition) is 0. The highest BCUT2D eigenvalue weighted by molar-refractivity contribution is 6.30. The largest absolute Gasteiger partial charge is 0.457 e. The lowest BCUT2D eigenvalue weighted by molar-refractivity contribution is 0.452. The van der Waals surface area contributed by atoms with E-state index in [1.807, 2.05) is 30.3 Å². The van der Waals surface area contributed by atoms with E-state index in [9.17, 15) is 0 Å². The molecule has 0 heterocycles. The average molecular weight is 309 g/mol. The minimum atomic E-state index is 0.0102. The fourth-order valence-corrected chi connectivity index (χ4v) is 2.41. The Morgan fingerprint density at radius 3 is 2.35 bits per heavy atom. The summed E-state index contributed by atoms with van der Waals surface area (Å²) in [7, 11) is 0. The van der Waals surface area contributed by atoms with Crippen LogP contribution in [0, 0.1) is 0 Å². The summed E-state index contributed by atoms with van der Waals surface area (Å²) >= 11 is 12.0. The van der Waals surface area contributed by atoms with E-state index >= 15 is 0 Å². The molecule has 0 aromatic heterocycles. The first kappa shape index (κ1) is 15.2. The molecule has 106 valence electrons. The third kappa shape index (κ3) is 3.47. The molecule has 20 heavy (non-hydrogen) atoms. The molecule has 0 aliphatic carbocycles. The number of ether oxygens (including phenoxy) is 1. The van der Waals surface area contributed by atoms with E-state index in [0.717, 1.165) is 16.9 Å². The maximum atomic E-state index is 6.07. The molecule has 2 rings (SSSR count). The van der Waals surface area contributed by atoms with Gasteiger partial charge >= 0.3 is 0 Å². The summed E-state index contributed by atoms with van der Waals surface area (Å²) < 4.78 is 6.07. The van der Waals surface area contributed by atoms with E-state index in [1.54, 1.807) is 6.07 Å². The highest BCUT2D eigenvalue weighted by Crippen LogP contribution is 2.36. The molecule has 0 saturated carbocycles. The van der Waals surface area contributed by atoms with E-state index in [4.69, 9.17) is 27.9 Å². The van der Waals surface area contributed by atoms with Crippen LogP contribution in [-0.4, -0.2) is 0 Å². The zero-order valence-corrected chi connectivity index (χ0v) is 13.4. The fourth-order valence-electron chi connectivity index (χ4n) is 2.03. The van der Waals surface area contributed by atoms with Crippen molar-refractivity contribution in [2.24, 2.45) is 0 Å². The molecule has 0 saturated heterocycles. The van der Waals surface area contributed by atoms with Crippen LogP contribution in [-0.2, 0) is 11.3 Å². The highest BCUT2D eigenvalue weighted by Gasteiger charge is 2.19. The lowest BCUT2D eigenvalue weighted by atomic mass is 9.86. The van der Waals surface area contributed by atoms with Crippen molar-refractivity contribution in [1.82, 2.24) is 0 Å². The first-order valence-electron chi connectivity index (χ1n) is 6.53. The van der Waals surface area contributed by atoms with Crippen LogP contribution in [0.5, 0.6) is 11.5 Å². The summed E-state index contributed by atoms with van der Waals surface area (Å²) in [5.41, 5.74) is 2.09. The molecule has 2 aromatic carbocycles. The summed E-state index contributed by atoms with van der Waals surface area (Å²) in [6.45, 7) is 6.49. The Morgan fingerprint density at radius 2 is 1.70 bits per heavy atom. The summed E-state index contributed by atoms with van der Waals surface area (Å²) in [4.78, 5) is 0. The minimum absolute atomic E-state index is 0.0102. The molecule has 0 fully saturated rings. The van der Waals surface area contributed by atoms with Gasteiger partial charge in [0.2, 0.25) is 0 Å². The van der Waals surface area contributed by atoms with E-state index in [1.165, 1.54) is 0 Å². The molecule has 0 amide bonds. The summed E-state index contributed by atoms with van der Waals surface area (Å²) in [5.74, 6) is 1.95. The van der Waals surface area contributed by atoms with Gasteiger partial charge in [0.15, 0.2) is 0 Å². The number of hydrogen-bond acceptors (Lipinski definition) is 1. The molecule has 0 aliphatic heterocycles. The van der Waals surface area contributed by atoms with E-state index < -0.39 is 0 Å². The van der Waals surface area contributed by atoms with Crippen LogP contribution in [0.3, 0.4) is 0 Å². The SMILES string of the molecule is CC(C)(C)c1ccccc1Oc1cc(Cl)ccc1CCl. The molecule has 0 spiro atoms. The number of benzene rings is 2. The lowest BCUT2D eigenvalue weighted by Crippen LogP contribution is -2.12. The Labute approximate surface area is 130 Å². The van der Waals surface area contributed by atoms with Gasteiger partial charge in [-0.15, -0.1) is 11.6 Å². The maximum Gasteiger partial charge on any atom is 0.133 e. The molecule has 0 N–H and O–H groups in total. The van der Waals surface area contributed by atoms with Crippen molar-refractivity contribution >= 4 is 23.2 Å². The second-order valence-corrected chi connectivity index (χ2v) is 6.44. The molecule has 0 radical (unpaired) electrons. The standard InChI is InChI=1S/C17H18Cl2O/c1-17(2,3)14-6-4-5-7-15(14)20-16-10-13(19)9-8-12(16)11-18/h4-10H,11H2,1-3H3. The predicted molar refractivity (Wildman–Crippen MR) is 86.2 cm³/mol. The van der Waals surface area contributed by atoms with Gasteiger partial charge in [0.1, 0.15) is 11.5 Å².